The van der Waals surface area contributed by atoms with E-state index in [9.17, 15) is 4.39 Å². The van der Waals surface area contributed by atoms with Crippen LogP contribution < -0.4 is 0 Å². The lowest BCUT2D eigenvalue weighted by atomic mass is 10.2. The van der Waals surface area contributed by atoms with Gasteiger partial charge in [-0.3, -0.25) is 0 Å². The summed E-state index contributed by atoms with van der Waals surface area (Å²) in [6.45, 7) is 0.824. The minimum atomic E-state index is -0.341. The highest BCUT2D eigenvalue weighted by atomic mass is 35.5. The maximum Gasteiger partial charge on any atom is 0.129 e. The first kappa shape index (κ1) is 17.0. The van der Waals surface area contributed by atoms with E-state index in [0.717, 1.165) is 16.7 Å². The molecule has 0 aliphatic rings. The Hall–Kier alpha value is -3.18. The third kappa shape index (κ3) is 2.84. The fourth-order valence-corrected chi connectivity index (χ4v) is 3.89. The van der Waals surface area contributed by atoms with Gasteiger partial charge in [-0.2, -0.15) is 0 Å². The smallest absolute Gasteiger partial charge is 0.129 e. The van der Waals surface area contributed by atoms with E-state index in [-0.39, 0.29) is 12.4 Å². The molecule has 6 heteroatoms. The first-order valence-corrected chi connectivity index (χ1v) is 9.36. The number of hydrogen-bond donors (Lipinski definition) is 0. The van der Waals surface area contributed by atoms with Gasteiger partial charge in [0.25, 0.3) is 0 Å². The highest BCUT2D eigenvalue weighted by Gasteiger charge is 2.13. The number of aromatic nitrogens is 4. The van der Waals surface area contributed by atoms with Crippen molar-refractivity contribution in [1.82, 2.24) is 19.6 Å². The van der Waals surface area contributed by atoms with Gasteiger partial charge in [0.05, 0.1) is 19.3 Å². The molecule has 0 unspecified atom stereocenters. The minimum Gasteiger partial charge on any atom is -0.334 e. The Morgan fingerprint density at radius 3 is 2.18 bits per heavy atom. The fraction of sp³-hybridized carbons (Fsp3) is 0.0909. The van der Waals surface area contributed by atoms with E-state index in [1.165, 1.54) is 16.8 Å². The van der Waals surface area contributed by atoms with Crippen molar-refractivity contribution in [3.63, 3.8) is 0 Å². The van der Waals surface area contributed by atoms with Crippen molar-refractivity contribution in [3.8, 4) is 0 Å². The van der Waals surface area contributed by atoms with Gasteiger partial charge in [-0.05, 0) is 24.3 Å². The Morgan fingerprint density at radius 2 is 1.50 bits per heavy atom. The molecule has 0 saturated carbocycles. The van der Waals surface area contributed by atoms with Crippen LogP contribution in [0.2, 0.25) is 5.02 Å². The van der Waals surface area contributed by atoms with E-state index in [0.29, 0.717) is 17.1 Å². The van der Waals surface area contributed by atoms with Crippen LogP contribution in [0.5, 0.6) is 0 Å². The summed E-state index contributed by atoms with van der Waals surface area (Å²) in [7, 11) is 0. The average Bonchev–Trinajstić information content (AvgIpc) is 3.29. The van der Waals surface area contributed by atoms with E-state index in [1.807, 2.05) is 30.5 Å². The van der Waals surface area contributed by atoms with Gasteiger partial charge in [-0.1, -0.05) is 59.3 Å². The van der Waals surface area contributed by atoms with E-state index in [2.05, 4.69) is 39.1 Å². The number of nitrogens with zero attached hydrogens (tertiary/aromatic N) is 4. The summed E-state index contributed by atoms with van der Waals surface area (Å²) in [4.78, 5) is 0. The highest BCUT2D eigenvalue weighted by molar-refractivity contribution is 6.31. The van der Waals surface area contributed by atoms with Crippen molar-refractivity contribution in [1.29, 1.82) is 0 Å². The molecule has 0 aliphatic heterocycles. The predicted octanol–water partition coefficient (Wildman–Crippen LogP) is 5.28. The van der Waals surface area contributed by atoms with Crippen LogP contribution in [-0.4, -0.2) is 19.6 Å². The van der Waals surface area contributed by atoms with Crippen molar-refractivity contribution in [2.24, 2.45) is 0 Å². The molecule has 28 heavy (non-hydrogen) atoms. The largest absolute Gasteiger partial charge is 0.334 e. The van der Waals surface area contributed by atoms with Gasteiger partial charge in [0, 0.05) is 32.4 Å². The molecule has 0 bridgehead atoms. The van der Waals surface area contributed by atoms with Gasteiger partial charge < -0.3 is 4.57 Å². The molecule has 138 valence electrons. The summed E-state index contributed by atoms with van der Waals surface area (Å²) in [5, 5.41) is 11.3. The normalized spacial score (nSPS) is 11.5. The van der Waals surface area contributed by atoms with Crippen molar-refractivity contribution < 1.29 is 4.39 Å². The maximum absolute atomic E-state index is 14.0. The lowest BCUT2D eigenvalue weighted by Crippen LogP contribution is -2.03. The van der Waals surface area contributed by atoms with Gasteiger partial charge >= 0.3 is 0 Å². The number of hydrogen-bond acceptors (Lipinski definition) is 2. The molecule has 0 atom stereocenters. The van der Waals surface area contributed by atoms with Crippen LogP contribution in [-0.2, 0) is 13.1 Å². The van der Waals surface area contributed by atoms with E-state index < -0.39 is 0 Å². The van der Waals surface area contributed by atoms with Crippen molar-refractivity contribution in [2.75, 3.05) is 0 Å². The molecule has 2 aromatic heterocycles. The van der Waals surface area contributed by atoms with Gasteiger partial charge in [0.15, 0.2) is 0 Å². The highest BCUT2D eigenvalue weighted by Crippen LogP contribution is 2.29. The summed E-state index contributed by atoms with van der Waals surface area (Å²) >= 11 is 6.13. The number of fused-ring (bicyclic) bond motifs is 3. The molecule has 0 N–H and O–H groups in total. The molecular formula is C22H16ClFN4. The topological polar surface area (TPSA) is 35.6 Å². The molecule has 0 radical (unpaired) electrons. The van der Waals surface area contributed by atoms with Crippen molar-refractivity contribution >= 4 is 33.4 Å². The predicted molar refractivity (Wildman–Crippen MR) is 109 cm³/mol. The first-order chi connectivity index (χ1) is 13.7. The average molecular weight is 391 g/mol. The van der Waals surface area contributed by atoms with Crippen molar-refractivity contribution in [3.05, 3.63) is 95.0 Å². The van der Waals surface area contributed by atoms with E-state index >= 15 is 0 Å². The van der Waals surface area contributed by atoms with Gasteiger partial charge in [-0.25, -0.2) is 9.07 Å². The molecule has 0 amide bonds. The molecule has 5 aromatic rings. The zero-order valence-corrected chi connectivity index (χ0v) is 15.6. The molecule has 0 fully saturated rings. The SMILES string of the molecule is Fc1cccc(Cl)c1Cn1cc(Cn2c3ccccc3c3ccccc32)nn1. The van der Waals surface area contributed by atoms with Crippen LogP contribution in [0.15, 0.2) is 72.9 Å². The van der Waals surface area contributed by atoms with Crippen LogP contribution in [0.1, 0.15) is 11.3 Å². The number of para-hydroxylation sites is 2. The van der Waals surface area contributed by atoms with Crippen LogP contribution >= 0.6 is 11.6 Å². The Balaban J connectivity index is 1.51. The first-order valence-electron chi connectivity index (χ1n) is 8.98. The number of halogens is 2. The van der Waals surface area contributed by atoms with Crippen LogP contribution in [0.25, 0.3) is 21.8 Å². The Kier molecular flexibility index (Phi) is 4.10. The molecule has 2 heterocycles. The summed E-state index contributed by atoms with van der Waals surface area (Å²) in [5.74, 6) is -0.341. The summed E-state index contributed by atoms with van der Waals surface area (Å²) in [5.41, 5.74) is 3.52. The maximum atomic E-state index is 14.0. The van der Waals surface area contributed by atoms with E-state index in [4.69, 9.17) is 11.6 Å². The zero-order valence-electron chi connectivity index (χ0n) is 14.9. The molecule has 4 nitrogen and oxygen atoms in total. The molecular weight excluding hydrogens is 375 g/mol. The van der Waals surface area contributed by atoms with Gasteiger partial charge in [0.2, 0.25) is 0 Å². The standard InChI is InChI=1S/C22H16ClFN4/c23-19-8-5-9-20(24)18(19)14-27-12-15(25-26-27)13-28-21-10-3-1-6-16(21)17-7-2-4-11-22(17)28/h1-12H,13-14H2. The minimum absolute atomic E-state index is 0.242. The Labute approximate surface area is 165 Å². The molecule has 0 aliphatic carbocycles. The number of benzene rings is 3. The third-order valence-corrected chi connectivity index (χ3v) is 5.32. The zero-order chi connectivity index (χ0) is 19.1. The third-order valence-electron chi connectivity index (χ3n) is 4.97. The second-order valence-electron chi connectivity index (χ2n) is 6.73. The molecule has 3 aromatic carbocycles. The van der Waals surface area contributed by atoms with Crippen molar-refractivity contribution in [2.45, 2.75) is 13.1 Å². The van der Waals surface area contributed by atoms with Gasteiger partial charge in [-0.15, -0.1) is 5.10 Å². The Morgan fingerprint density at radius 1 is 0.821 bits per heavy atom. The summed E-state index contributed by atoms with van der Waals surface area (Å²) in [6, 6.07) is 21.3. The van der Waals surface area contributed by atoms with Crippen LogP contribution in [0, 0.1) is 5.82 Å². The number of rotatable bonds is 4. The van der Waals surface area contributed by atoms with Crippen LogP contribution in [0.3, 0.4) is 0 Å². The van der Waals surface area contributed by atoms with Crippen LogP contribution in [0.4, 0.5) is 4.39 Å². The molecule has 5 rings (SSSR count). The fourth-order valence-electron chi connectivity index (χ4n) is 3.67. The summed E-state index contributed by atoms with van der Waals surface area (Å²) < 4.78 is 17.9. The quantitative estimate of drug-likeness (QED) is 0.419. The molecule has 0 spiro atoms. The second kappa shape index (κ2) is 6.77. The monoisotopic (exact) mass is 390 g/mol. The lowest BCUT2D eigenvalue weighted by Gasteiger charge is -2.06. The lowest BCUT2D eigenvalue weighted by molar-refractivity contribution is 0.577. The van der Waals surface area contributed by atoms with Gasteiger partial charge in [0.1, 0.15) is 11.5 Å². The van der Waals surface area contributed by atoms with E-state index in [1.54, 1.807) is 16.8 Å². The molecule has 0 saturated heterocycles. The Bertz CT molecular complexity index is 1230. The second-order valence-corrected chi connectivity index (χ2v) is 7.14. The summed E-state index contributed by atoms with van der Waals surface area (Å²) in [6.07, 6.45) is 1.84.